The zero-order valence-electron chi connectivity index (χ0n) is 16.9. The molecule has 0 aliphatic heterocycles. The van der Waals surface area contributed by atoms with E-state index in [0.717, 1.165) is 27.6 Å². The summed E-state index contributed by atoms with van der Waals surface area (Å²) in [5.41, 5.74) is 9.34. The van der Waals surface area contributed by atoms with Gasteiger partial charge in [0.05, 0.1) is 0 Å². The maximum Gasteiger partial charge on any atom is 0.135 e. The Morgan fingerprint density at radius 2 is 1.24 bits per heavy atom. The molecule has 0 amide bonds. The highest BCUT2D eigenvalue weighted by atomic mass is 16.3. The number of fused-ring (bicyclic) bond motifs is 3. The van der Waals surface area contributed by atoms with Crippen LogP contribution >= 0.6 is 0 Å². The van der Waals surface area contributed by atoms with Crippen molar-refractivity contribution in [2.45, 2.75) is 13.8 Å². The summed E-state index contributed by atoms with van der Waals surface area (Å²) in [4.78, 5) is 2.23. The molecular formula is C27H23NO. The van der Waals surface area contributed by atoms with Gasteiger partial charge in [-0.05, 0) is 72.5 Å². The Balaban J connectivity index is 1.55. The standard InChI is InChI=1S/C27H23NO/c1-18-8-4-5-9-22(18)23-14-12-20(16-19(23)2)28(3)21-13-15-27-25(17-21)24-10-6-7-11-26(24)29-27/h4-17H,1-3H3. The molecule has 0 fully saturated rings. The van der Waals surface area contributed by atoms with E-state index in [-0.39, 0.29) is 0 Å². The quantitative estimate of drug-likeness (QED) is 0.321. The molecule has 2 nitrogen and oxygen atoms in total. The zero-order chi connectivity index (χ0) is 20.0. The number of nitrogens with zero attached hydrogens (tertiary/aromatic N) is 1. The lowest BCUT2D eigenvalue weighted by atomic mass is 9.96. The minimum Gasteiger partial charge on any atom is -0.456 e. The van der Waals surface area contributed by atoms with Crippen LogP contribution in [0.1, 0.15) is 11.1 Å². The van der Waals surface area contributed by atoms with E-state index in [0.29, 0.717) is 0 Å². The predicted molar refractivity (Wildman–Crippen MR) is 123 cm³/mol. The third kappa shape index (κ3) is 2.98. The first kappa shape index (κ1) is 17.6. The Morgan fingerprint density at radius 3 is 2.07 bits per heavy atom. The van der Waals surface area contributed by atoms with E-state index >= 15 is 0 Å². The SMILES string of the molecule is Cc1ccccc1-c1ccc(N(C)c2ccc3oc4ccccc4c3c2)cc1C. The molecule has 4 aromatic carbocycles. The van der Waals surface area contributed by atoms with E-state index in [1.165, 1.54) is 27.9 Å². The van der Waals surface area contributed by atoms with Crippen molar-refractivity contribution in [1.29, 1.82) is 0 Å². The van der Waals surface area contributed by atoms with Gasteiger partial charge in [-0.3, -0.25) is 0 Å². The molecule has 0 spiro atoms. The minimum atomic E-state index is 0.925. The average Bonchev–Trinajstić information content (AvgIpc) is 3.12. The lowest BCUT2D eigenvalue weighted by molar-refractivity contribution is 0.669. The molecule has 1 aromatic heterocycles. The lowest BCUT2D eigenvalue weighted by Crippen LogP contribution is -2.09. The summed E-state index contributed by atoms with van der Waals surface area (Å²) < 4.78 is 5.97. The Hall–Kier alpha value is -3.52. The molecule has 0 bridgehead atoms. The highest BCUT2D eigenvalue weighted by Crippen LogP contribution is 2.35. The summed E-state index contributed by atoms with van der Waals surface area (Å²) in [6.45, 7) is 4.35. The molecule has 0 aliphatic carbocycles. The van der Waals surface area contributed by atoms with Gasteiger partial charge < -0.3 is 9.32 Å². The van der Waals surface area contributed by atoms with Crippen LogP contribution in [0, 0.1) is 13.8 Å². The van der Waals surface area contributed by atoms with Gasteiger partial charge in [-0.2, -0.15) is 0 Å². The molecule has 0 saturated carbocycles. The summed E-state index contributed by atoms with van der Waals surface area (Å²) in [7, 11) is 2.12. The van der Waals surface area contributed by atoms with Crippen LogP contribution in [-0.4, -0.2) is 7.05 Å². The number of furan rings is 1. The van der Waals surface area contributed by atoms with Crippen LogP contribution in [-0.2, 0) is 0 Å². The van der Waals surface area contributed by atoms with Crippen LogP contribution < -0.4 is 4.90 Å². The molecule has 5 aromatic rings. The van der Waals surface area contributed by atoms with Crippen molar-refractivity contribution in [2.24, 2.45) is 0 Å². The molecule has 0 unspecified atom stereocenters. The summed E-state index contributed by atoms with van der Waals surface area (Å²) in [5.74, 6) is 0. The number of anilines is 2. The van der Waals surface area contributed by atoms with Crippen LogP contribution in [0.4, 0.5) is 11.4 Å². The lowest BCUT2D eigenvalue weighted by Gasteiger charge is -2.21. The maximum atomic E-state index is 5.97. The van der Waals surface area contributed by atoms with Crippen LogP contribution in [0.25, 0.3) is 33.1 Å². The largest absolute Gasteiger partial charge is 0.456 e. The van der Waals surface area contributed by atoms with Crippen molar-refractivity contribution in [1.82, 2.24) is 0 Å². The second-order valence-electron chi connectivity index (χ2n) is 7.65. The molecule has 1 heterocycles. The van der Waals surface area contributed by atoms with Gasteiger partial charge >= 0.3 is 0 Å². The Bertz CT molecular complexity index is 1350. The Kier molecular flexibility index (Phi) is 4.13. The van der Waals surface area contributed by atoms with Crippen molar-refractivity contribution >= 4 is 33.3 Å². The van der Waals surface area contributed by atoms with Gasteiger partial charge in [0, 0.05) is 29.2 Å². The topological polar surface area (TPSA) is 16.4 Å². The number of hydrogen-bond acceptors (Lipinski definition) is 2. The molecule has 29 heavy (non-hydrogen) atoms. The summed E-state index contributed by atoms with van der Waals surface area (Å²) in [6, 6.07) is 29.9. The summed E-state index contributed by atoms with van der Waals surface area (Å²) in [6.07, 6.45) is 0. The molecule has 0 N–H and O–H groups in total. The maximum absolute atomic E-state index is 5.97. The van der Waals surface area contributed by atoms with Crippen molar-refractivity contribution < 1.29 is 4.42 Å². The normalized spacial score (nSPS) is 11.3. The first-order valence-corrected chi connectivity index (χ1v) is 9.93. The average molecular weight is 377 g/mol. The van der Waals surface area contributed by atoms with Gasteiger partial charge in [0.25, 0.3) is 0 Å². The number of para-hydroxylation sites is 1. The fourth-order valence-electron chi connectivity index (χ4n) is 4.11. The first-order valence-electron chi connectivity index (χ1n) is 9.93. The number of hydrogen-bond donors (Lipinski definition) is 0. The summed E-state index contributed by atoms with van der Waals surface area (Å²) in [5, 5.41) is 2.31. The third-order valence-corrected chi connectivity index (χ3v) is 5.78. The van der Waals surface area contributed by atoms with Crippen molar-refractivity contribution in [3.05, 3.63) is 96.1 Å². The minimum absolute atomic E-state index is 0.925. The molecule has 5 rings (SSSR count). The molecule has 0 aliphatic rings. The molecular weight excluding hydrogens is 354 g/mol. The number of aryl methyl sites for hydroxylation is 2. The second kappa shape index (κ2) is 6.82. The van der Waals surface area contributed by atoms with E-state index in [4.69, 9.17) is 4.42 Å². The fraction of sp³-hybridized carbons (Fsp3) is 0.111. The van der Waals surface area contributed by atoms with Gasteiger partial charge in [-0.25, -0.2) is 0 Å². The van der Waals surface area contributed by atoms with Crippen molar-refractivity contribution in [3.63, 3.8) is 0 Å². The smallest absolute Gasteiger partial charge is 0.135 e. The van der Waals surface area contributed by atoms with Crippen LogP contribution in [0.15, 0.2) is 89.3 Å². The molecule has 0 radical (unpaired) electrons. The highest BCUT2D eigenvalue weighted by molar-refractivity contribution is 6.06. The van der Waals surface area contributed by atoms with Gasteiger partial charge in [0.2, 0.25) is 0 Å². The van der Waals surface area contributed by atoms with Crippen LogP contribution in [0.2, 0.25) is 0 Å². The zero-order valence-corrected chi connectivity index (χ0v) is 16.9. The van der Waals surface area contributed by atoms with Crippen LogP contribution in [0.5, 0.6) is 0 Å². The predicted octanol–water partition coefficient (Wildman–Crippen LogP) is 7.64. The van der Waals surface area contributed by atoms with E-state index in [1.807, 2.05) is 12.1 Å². The van der Waals surface area contributed by atoms with Crippen molar-refractivity contribution in [2.75, 3.05) is 11.9 Å². The van der Waals surface area contributed by atoms with E-state index < -0.39 is 0 Å². The van der Waals surface area contributed by atoms with E-state index in [2.05, 4.69) is 98.6 Å². The molecule has 0 saturated heterocycles. The van der Waals surface area contributed by atoms with Crippen LogP contribution in [0.3, 0.4) is 0 Å². The Labute approximate surface area is 171 Å². The highest BCUT2D eigenvalue weighted by Gasteiger charge is 2.12. The van der Waals surface area contributed by atoms with Gasteiger partial charge in [-0.15, -0.1) is 0 Å². The van der Waals surface area contributed by atoms with E-state index in [1.54, 1.807) is 0 Å². The molecule has 2 heteroatoms. The van der Waals surface area contributed by atoms with Gasteiger partial charge in [-0.1, -0.05) is 48.5 Å². The molecule has 142 valence electrons. The second-order valence-corrected chi connectivity index (χ2v) is 7.65. The van der Waals surface area contributed by atoms with E-state index in [9.17, 15) is 0 Å². The van der Waals surface area contributed by atoms with Gasteiger partial charge in [0.15, 0.2) is 0 Å². The van der Waals surface area contributed by atoms with Gasteiger partial charge in [0.1, 0.15) is 11.2 Å². The molecule has 0 atom stereocenters. The van der Waals surface area contributed by atoms with Crippen molar-refractivity contribution in [3.8, 4) is 11.1 Å². The monoisotopic (exact) mass is 377 g/mol. The summed E-state index contributed by atoms with van der Waals surface area (Å²) >= 11 is 0. The third-order valence-electron chi connectivity index (χ3n) is 5.78. The fourth-order valence-corrected chi connectivity index (χ4v) is 4.11. The number of benzene rings is 4. The Morgan fingerprint density at radius 1 is 0.586 bits per heavy atom. The number of rotatable bonds is 3. The first-order chi connectivity index (χ1) is 14.1.